The lowest BCUT2D eigenvalue weighted by molar-refractivity contribution is -0.131. The van der Waals surface area contributed by atoms with E-state index in [2.05, 4.69) is 15.9 Å². The van der Waals surface area contributed by atoms with E-state index in [-0.39, 0.29) is 22.4 Å². The first kappa shape index (κ1) is 21.4. The summed E-state index contributed by atoms with van der Waals surface area (Å²) < 4.78 is 7.83. The van der Waals surface area contributed by atoms with Crippen molar-refractivity contribution < 1.29 is 19.4 Å². The van der Waals surface area contributed by atoms with Crippen LogP contribution < -0.4 is 4.74 Å². The number of aromatic hydroxyl groups is 1. The lowest BCUT2D eigenvalue weighted by Gasteiger charge is -2.11. The zero-order valence-corrected chi connectivity index (χ0v) is 18.7. The van der Waals surface area contributed by atoms with Gasteiger partial charge in [0.05, 0.1) is 21.6 Å². The molecule has 0 aliphatic rings. The van der Waals surface area contributed by atoms with E-state index in [0.717, 1.165) is 17.3 Å². The Labute approximate surface area is 182 Å². The summed E-state index contributed by atoms with van der Waals surface area (Å²) in [6, 6.07) is 8.53. The maximum Gasteiger partial charge on any atom is 0.308 e. The Bertz CT molecular complexity index is 1100. The van der Waals surface area contributed by atoms with E-state index in [1.807, 2.05) is 6.92 Å². The monoisotopic (exact) mass is 477 g/mol. The van der Waals surface area contributed by atoms with Crippen LogP contribution in [0.3, 0.4) is 0 Å². The number of phenolic OH excluding ortho intramolecular Hbond substituents is 1. The number of esters is 1. The Morgan fingerprint density at radius 1 is 1.24 bits per heavy atom. The maximum absolute atomic E-state index is 13.3. The van der Waals surface area contributed by atoms with Crippen molar-refractivity contribution in [2.24, 2.45) is 0 Å². The van der Waals surface area contributed by atoms with Crippen molar-refractivity contribution in [3.63, 3.8) is 0 Å². The van der Waals surface area contributed by atoms with Crippen LogP contribution in [0.2, 0.25) is 5.02 Å². The fourth-order valence-corrected chi connectivity index (χ4v) is 3.90. The summed E-state index contributed by atoms with van der Waals surface area (Å²) in [7, 11) is 0. The normalized spacial score (nSPS) is 11.1. The highest BCUT2D eigenvalue weighted by Gasteiger charge is 2.26. The highest BCUT2D eigenvalue weighted by Crippen LogP contribution is 2.43. The summed E-state index contributed by atoms with van der Waals surface area (Å²) in [5, 5.41) is 11.3. The van der Waals surface area contributed by atoms with Gasteiger partial charge in [-0.3, -0.25) is 14.2 Å². The van der Waals surface area contributed by atoms with Crippen LogP contribution in [-0.4, -0.2) is 21.6 Å². The van der Waals surface area contributed by atoms with E-state index in [0.29, 0.717) is 34.1 Å². The topological polar surface area (TPSA) is 68.5 Å². The molecule has 0 spiro atoms. The van der Waals surface area contributed by atoms with Crippen molar-refractivity contribution in [1.29, 1.82) is 0 Å². The number of rotatable bonds is 5. The average Bonchev–Trinajstić information content (AvgIpc) is 2.93. The van der Waals surface area contributed by atoms with Gasteiger partial charge in [-0.05, 0) is 50.1 Å². The van der Waals surface area contributed by atoms with E-state index >= 15 is 0 Å². The highest BCUT2D eigenvalue weighted by atomic mass is 79.9. The molecule has 0 radical (unpaired) electrons. The minimum Gasteiger partial charge on any atom is -0.506 e. The highest BCUT2D eigenvalue weighted by molar-refractivity contribution is 9.10. The number of phenols is 1. The Morgan fingerprint density at radius 3 is 2.48 bits per heavy atom. The predicted molar refractivity (Wildman–Crippen MR) is 117 cm³/mol. The van der Waals surface area contributed by atoms with Crippen LogP contribution in [0, 0.1) is 6.92 Å². The van der Waals surface area contributed by atoms with Crippen molar-refractivity contribution in [2.45, 2.75) is 40.0 Å². The van der Waals surface area contributed by atoms with Crippen LogP contribution in [0.25, 0.3) is 10.9 Å². The van der Waals surface area contributed by atoms with E-state index in [4.69, 9.17) is 16.3 Å². The van der Waals surface area contributed by atoms with Crippen LogP contribution in [0.15, 0.2) is 34.8 Å². The third-order valence-corrected chi connectivity index (χ3v) is 5.60. The number of carbonyl (C=O) groups excluding carboxylic acids is 2. The number of benzene rings is 2. The zero-order chi connectivity index (χ0) is 21.3. The van der Waals surface area contributed by atoms with Crippen molar-refractivity contribution in [2.75, 3.05) is 0 Å². The van der Waals surface area contributed by atoms with Gasteiger partial charge in [-0.1, -0.05) is 40.9 Å². The minimum absolute atomic E-state index is 0.0470. The molecule has 0 amide bonds. The van der Waals surface area contributed by atoms with E-state index in [1.165, 1.54) is 11.5 Å². The van der Waals surface area contributed by atoms with Crippen LogP contribution in [-0.2, 0) is 11.2 Å². The number of hydrogen-bond acceptors (Lipinski definition) is 4. The molecule has 1 heterocycles. The van der Waals surface area contributed by atoms with Gasteiger partial charge < -0.3 is 9.84 Å². The van der Waals surface area contributed by atoms with Crippen molar-refractivity contribution in [3.05, 3.63) is 56.6 Å². The van der Waals surface area contributed by atoms with Crippen molar-refractivity contribution in [3.8, 4) is 11.5 Å². The number of hydrogen-bond donors (Lipinski definition) is 1. The summed E-state index contributed by atoms with van der Waals surface area (Å²) >= 11 is 9.66. The van der Waals surface area contributed by atoms with Crippen molar-refractivity contribution in [1.82, 2.24) is 4.57 Å². The lowest BCUT2D eigenvalue weighted by atomic mass is 10.0. The molecular weight excluding hydrogens is 458 g/mol. The summed E-state index contributed by atoms with van der Waals surface area (Å²) in [6.45, 7) is 5.06. The molecule has 0 fully saturated rings. The number of unbranched alkanes of at least 4 members (excludes halogenated alkanes) is 1. The second kappa shape index (κ2) is 8.59. The van der Waals surface area contributed by atoms with Crippen LogP contribution in [0.4, 0.5) is 0 Å². The SMILES string of the molecule is CCCCc1c(O)c(Cl)cc2c1c(OC(C)=O)c(C)n2C(=O)c1ccc(Br)cc1. The largest absolute Gasteiger partial charge is 0.506 e. The summed E-state index contributed by atoms with van der Waals surface area (Å²) in [5.41, 5.74) is 2.03. The standard InChI is InChI=1S/C22H21BrClNO4/c1-4-5-6-16-19-18(11-17(24)20(16)27)25(12(2)21(19)29-13(3)26)22(28)14-7-9-15(23)10-8-14/h7-11,27H,4-6H2,1-3H3. The fraction of sp³-hybridized carbons (Fsp3) is 0.273. The molecule has 1 aromatic heterocycles. The molecule has 0 unspecified atom stereocenters. The van der Waals surface area contributed by atoms with Gasteiger partial charge in [0.1, 0.15) is 5.75 Å². The van der Waals surface area contributed by atoms with Gasteiger partial charge in [-0.2, -0.15) is 0 Å². The third-order valence-electron chi connectivity index (χ3n) is 4.79. The van der Waals surface area contributed by atoms with E-state index in [1.54, 1.807) is 37.3 Å². The molecule has 0 bridgehead atoms. The Hall–Kier alpha value is -2.31. The Morgan fingerprint density at radius 2 is 1.90 bits per heavy atom. The quantitative estimate of drug-likeness (QED) is 0.455. The van der Waals surface area contributed by atoms with Gasteiger partial charge in [0, 0.05) is 22.5 Å². The first-order valence-corrected chi connectivity index (χ1v) is 10.5. The molecule has 3 aromatic rings. The first-order chi connectivity index (χ1) is 13.8. The van der Waals surface area contributed by atoms with Crippen LogP contribution >= 0.6 is 27.5 Å². The minimum atomic E-state index is -0.501. The molecule has 0 saturated heterocycles. The maximum atomic E-state index is 13.3. The molecule has 3 rings (SSSR count). The fourth-order valence-electron chi connectivity index (χ4n) is 3.42. The molecular formula is C22H21BrClNO4. The molecule has 0 aliphatic carbocycles. The molecule has 2 aromatic carbocycles. The Kier molecular flexibility index (Phi) is 6.34. The smallest absolute Gasteiger partial charge is 0.308 e. The average molecular weight is 479 g/mol. The number of halogens is 2. The van der Waals surface area contributed by atoms with Crippen molar-refractivity contribution >= 4 is 50.3 Å². The number of aryl methyl sites for hydroxylation is 1. The number of carbonyl (C=O) groups is 2. The second-order valence-electron chi connectivity index (χ2n) is 6.84. The van der Waals surface area contributed by atoms with Gasteiger partial charge >= 0.3 is 5.97 Å². The van der Waals surface area contributed by atoms with Gasteiger partial charge in [0.2, 0.25) is 0 Å². The Balaban J connectivity index is 2.34. The molecule has 0 atom stereocenters. The lowest BCUT2D eigenvalue weighted by Crippen LogP contribution is -2.14. The van der Waals surface area contributed by atoms with Gasteiger partial charge in [-0.25, -0.2) is 0 Å². The van der Waals surface area contributed by atoms with Gasteiger partial charge in [0.25, 0.3) is 5.91 Å². The summed E-state index contributed by atoms with van der Waals surface area (Å²) in [4.78, 5) is 25.1. The molecule has 0 saturated carbocycles. The molecule has 29 heavy (non-hydrogen) atoms. The van der Waals surface area contributed by atoms with E-state index < -0.39 is 5.97 Å². The third kappa shape index (κ3) is 4.05. The molecule has 7 heteroatoms. The number of nitrogens with zero attached hydrogens (tertiary/aromatic N) is 1. The molecule has 5 nitrogen and oxygen atoms in total. The molecule has 152 valence electrons. The van der Waals surface area contributed by atoms with Crippen LogP contribution in [0.1, 0.15) is 48.3 Å². The molecule has 0 aliphatic heterocycles. The van der Waals surface area contributed by atoms with E-state index in [9.17, 15) is 14.7 Å². The number of aromatic nitrogens is 1. The first-order valence-electron chi connectivity index (χ1n) is 9.30. The number of fused-ring (bicyclic) bond motifs is 1. The second-order valence-corrected chi connectivity index (χ2v) is 8.16. The van der Waals surface area contributed by atoms with Gasteiger partial charge in [0.15, 0.2) is 5.75 Å². The van der Waals surface area contributed by atoms with Crippen LogP contribution in [0.5, 0.6) is 11.5 Å². The predicted octanol–water partition coefficient (Wildman–Crippen LogP) is 6.03. The zero-order valence-electron chi connectivity index (χ0n) is 16.4. The number of ether oxygens (including phenoxy) is 1. The summed E-state index contributed by atoms with van der Waals surface area (Å²) in [6.07, 6.45) is 2.27. The molecule has 1 N–H and O–H groups in total. The van der Waals surface area contributed by atoms with Gasteiger partial charge in [-0.15, -0.1) is 0 Å². The summed E-state index contributed by atoms with van der Waals surface area (Å²) in [5.74, 6) is -0.550.